The Labute approximate surface area is 99.3 Å². The molecule has 82 valence electrons. The van der Waals surface area contributed by atoms with E-state index in [9.17, 15) is 0 Å². The molecule has 15 heavy (non-hydrogen) atoms. The van der Waals surface area contributed by atoms with Gasteiger partial charge >= 0.3 is 0 Å². The van der Waals surface area contributed by atoms with Crippen LogP contribution in [0.2, 0.25) is 10.0 Å². The molecule has 1 aliphatic carbocycles. The predicted molar refractivity (Wildman–Crippen MR) is 62.2 cm³/mol. The largest absolute Gasteiger partial charge is 0.373 e. The van der Waals surface area contributed by atoms with Crippen molar-refractivity contribution in [2.24, 2.45) is 5.73 Å². The third-order valence-corrected chi connectivity index (χ3v) is 3.50. The first kappa shape index (κ1) is 11.2. The lowest BCUT2D eigenvalue weighted by molar-refractivity contribution is -0.0188. The zero-order valence-electron chi connectivity index (χ0n) is 8.25. The number of ether oxygens (including phenoxy) is 1. The zero-order valence-corrected chi connectivity index (χ0v) is 9.76. The predicted octanol–water partition coefficient (Wildman–Crippen LogP) is 3.00. The molecule has 0 saturated heterocycles. The van der Waals surface area contributed by atoms with Crippen molar-refractivity contribution in [1.29, 1.82) is 0 Å². The number of halogens is 2. The molecule has 0 bridgehead atoms. The number of rotatable bonds is 3. The number of benzene rings is 1. The molecule has 1 aromatic carbocycles. The summed E-state index contributed by atoms with van der Waals surface area (Å²) in [5, 5.41) is 1.16. The van der Waals surface area contributed by atoms with Crippen LogP contribution in [0.1, 0.15) is 18.4 Å². The highest BCUT2D eigenvalue weighted by atomic mass is 35.5. The van der Waals surface area contributed by atoms with Gasteiger partial charge in [0.1, 0.15) is 0 Å². The molecule has 0 atom stereocenters. The molecule has 1 aromatic rings. The number of nitrogens with two attached hydrogens (primary N) is 1. The minimum atomic E-state index is 0.287. The van der Waals surface area contributed by atoms with Crippen molar-refractivity contribution in [3.63, 3.8) is 0 Å². The molecule has 2 N–H and O–H groups in total. The summed E-state index contributed by atoms with van der Waals surface area (Å²) in [6, 6.07) is 5.88. The normalized spacial score (nSPS) is 25.0. The van der Waals surface area contributed by atoms with Gasteiger partial charge in [0.15, 0.2) is 0 Å². The van der Waals surface area contributed by atoms with Crippen LogP contribution in [0.3, 0.4) is 0 Å². The topological polar surface area (TPSA) is 35.2 Å². The molecular formula is C11H13Cl2NO. The van der Waals surface area contributed by atoms with E-state index in [1.54, 1.807) is 6.07 Å². The van der Waals surface area contributed by atoms with Crippen LogP contribution >= 0.6 is 23.2 Å². The van der Waals surface area contributed by atoms with E-state index in [1.165, 1.54) is 0 Å². The van der Waals surface area contributed by atoms with E-state index >= 15 is 0 Å². The maximum atomic E-state index is 6.03. The van der Waals surface area contributed by atoms with E-state index in [1.807, 2.05) is 12.1 Å². The van der Waals surface area contributed by atoms with Gasteiger partial charge in [-0.1, -0.05) is 35.3 Å². The second-order valence-electron chi connectivity index (χ2n) is 3.88. The van der Waals surface area contributed by atoms with E-state index in [4.69, 9.17) is 33.7 Å². The Balaban J connectivity index is 1.91. The van der Waals surface area contributed by atoms with E-state index in [0.29, 0.717) is 22.7 Å². The lowest BCUT2D eigenvalue weighted by Gasteiger charge is -2.32. The number of hydrogen-bond donors (Lipinski definition) is 1. The molecule has 2 rings (SSSR count). The first-order chi connectivity index (χ1) is 7.16. The Bertz CT molecular complexity index is 350. The summed E-state index contributed by atoms with van der Waals surface area (Å²) in [6.07, 6.45) is 2.17. The summed E-state index contributed by atoms with van der Waals surface area (Å²) in [5.74, 6) is 0. The fourth-order valence-corrected chi connectivity index (χ4v) is 1.98. The average Bonchev–Trinajstić information content (AvgIpc) is 2.17. The van der Waals surface area contributed by atoms with Crippen molar-refractivity contribution in [2.75, 3.05) is 0 Å². The highest BCUT2D eigenvalue weighted by molar-refractivity contribution is 6.42. The lowest BCUT2D eigenvalue weighted by Crippen LogP contribution is -2.41. The van der Waals surface area contributed by atoms with Crippen molar-refractivity contribution in [3.05, 3.63) is 33.8 Å². The van der Waals surface area contributed by atoms with Crippen molar-refractivity contribution < 1.29 is 4.74 Å². The smallest absolute Gasteiger partial charge is 0.0735 e. The lowest BCUT2D eigenvalue weighted by atomic mass is 9.90. The third-order valence-electron chi connectivity index (χ3n) is 2.64. The molecule has 1 saturated carbocycles. The van der Waals surface area contributed by atoms with Crippen molar-refractivity contribution >= 4 is 23.2 Å². The highest BCUT2D eigenvalue weighted by Crippen LogP contribution is 2.28. The molecule has 4 heteroatoms. The Hall–Kier alpha value is -0.280. The van der Waals surface area contributed by atoms with E-state index in [2.05, 4.69) is 0 Å². The fraction of sp³-hybridized carbons (Fsp3) is 0.455. The Morgan fingerprint density at radius 2 is 2.07 bits per heavy atom. The van der Waals surface area contributed by atoms with Gasteiger partial charge in [0.25, 0.3) is 0 Å². The standard InChI is InChI=1S/C11H13Cl2NO/c12-10-3-1-2-7(11(10)13)6-15-9-4-8(14)5-9/h1-3,8-9H,4-6,14H2. The monoisotopic (exact) mass is 245 g/mol. The molecule has 0 heterocycles. The molecule has 0 aliphatic heterocycles. The summed E-state index contributed by atoms with van der Waals surface area (Å²) in [4.78, 5) is 0. The van der Waals surface area contributed by atoms with Crippen molar-refractivity contribution in [1.82, 2.24) is 0 Å². The summed E-state index contributed by atoms with van der Waals surface area (Å²) in [6.45, 7) is 0.511. The second-order valence-corrected chi connectivity index (χ2v) is 4.66. The van der Waals surface area contributed by atoms with Crippen LogP contribution in [0, 0.1) is 0 Å². The van der Waals surface area contributed by atoms with E-state index < -0.39 is 0 Å². The van der Waals surface area contributed by atoms with Gasteiger partial charge in [-0.05, 0) is 24.5 Å². The van der Waals surface area contributed by atoms with Crippen molar-refractivity contribution in [3.8, 4) is 0 Å². The molecule has 0 spiro atoms. The van der Waals surface area contributed by atoms with Gasteiger partial charge in [-0.3, -0.25) is 0 Å². The fourth-order valence-electron chi connectivity index (χ4n) is 1.61. The quantitative estimate of drug-likeness (QED) is 0.889. The van der Waals surface area contributed by atoms with Crippen LogP contribution < -0.4 is 5.73 Å². The van der Waals surface area contributed by atoms with Gasteiger partial charge in [0, 0.05) is 6.04 Å². The van der Waals surface area contributed by atoms with E-state index in [0.717, 1.165) is 18.4 Å². The average molecular weight is 246 g/mol. The molecule has 0 unspecified atom stereocenters. The molecule has 1 fully saturated rings. The third kappa shape index (κ3) is 2.64. The summed E-state index contributed by atoms with van der Waals surface area (Å²) >= 11 is 11.9. The van der Waals surface area contributed by atoms with Crippen LogP contribution in [0.5, 0.6) is 0 Å². The van der Waals surface area contributed by atoms with Gasteiger partial charge in [-0.2, -0.15) is 0 Å². The first-order valence-electron chi connectivity index (χ1n) is 4.97. The molecule has 0 aromatic heterocycles. The second kappa shape index (κ2) is 4.71. The first-order valence-corrected chi connectivity index (χ1v) is 5.72. The van der Waals surface area contributed by atoms with Crippen molar-refractivity contribution in [2.45, 2.75) is 31.6 Å². The Kier molecular flexibility index (Phi) is 3.52. The van der Waals surface area contributed by atoms with Crippen LogP contribution in [0.25, 0.3) is 0 Å². The van der Waals surface area contributed by atoms with Crippen LogP contribution in [-0.2, 0) is 11.3 Å². The minimum absolute atomic E-state index is 0.287. The summed E-state index contributed by atoms with van der Waals surface area (Å²) in [7, 11) is 0. The van der Waals surface area contributed by atoms with Gasteiger partial charge < -0.3 is 10.5 Å². The number of hydrogen-bond acceptors (Lipinski definition) is 2. The Morgan fingerprint density at radius 3 is 2.73 bits per heavy atom. The maximum absolute atomic E-state index is 6.03. The summed E-state index contributed by atoms with van der Waals surface area (Å²) < 4.78 is 5.65. The van der Waals surface area contributed by atoms with E-state index in [-0.39, 0.29) is 6.10 Å². The molecule has 0 amide bonds. The highest BCUT2D eigenvalue weighted by Gasteiger charge is 2.26. The van der Waals surface area contributed by atoms with Gasteiger partial charge in [0.05, 0.1) is 22.8 Å². The molecular weight excluding hydrogens is 233 g/mol. The SMILES string of the molecule is NC1CC(OCc2cccc(Cl)c2Cl)C1. The molecule has 0 radical (unpaired) electrons. The Morgan fingerprint density at radius 1 is 1.33 bits per heavy atom. The van der Waals surface area contributed by atoms with Gasteiger partial charge in [0.2, 0.25) is 0 Å². The van der Waals surface area contributed by atoms with Crippen LogP contribution in [0.4, 0.5) is 0 Å². The zero-order chi connectivity index (χ0) is 10.8. The van der Waals surface area contributed by atoms with Crippen LogP contribution in [0.15, 0.2) is 18.2 Å². The summed E-state index contributed by atoms with van der Waals surface area (Å²) in [5.41, 5.74) is 6.60. The van der Waals surface area contributed by atoms with Gasteiger partial charge in [-0.25, -0.2) is 0 Å². The minimum Gasteiger partial charge on any atom is -0.373 e. The van der Waals surface area contributed by atoms with Crippen LogP contribution in [-0.4, -0.2) is 12.1 Å². The molecule has 1 aliphatic rings. The maximum Gasteiger partial charge on any atom is 0.0735 e. The molecule has 2 nitrogen and oxygen atoms in total. The van der Waals surface area contributed by atoms with Gasteiger partial charge in [-0.15, -0.1) is 0 Å².